The van der Waals surface area contributed by atoms with Crippen molar-refractivity contribution in [1.29, 1.82) is 0 Å². The number of aromatic nitrogens is 2. The molecule has 1 saturated carbocycles. The summed E-state index contributed by atoms with van der Waals surface area (Å²) in [6, 6.07) is 4.22. The van der Waals surface area contributed by atoms with Crippen molar-refractivity contribution in [2.45, 2.75) is 38.5 Å². The van der Waals surface area contributed by atoms with Gasteiger partial charge in [0.15, 0.2) is 5.82 Å². The maximum Gasteiger partial charge on any atom is 0.171 e. The van der Waals surface area contributed by atoms with Crippen LogP contribution in [0.5, 0.6) is 0 Å². The zero-order chi connectivity index (χ0) is 13.9. The summed E-state index contributed by atoms with van der Waals surface area (Å²) in [5, 5.41) is 5.41. The third-order valence-electron chi connectivity index (χ3n) is 3.67. The van der Waals surface area contributed by atoms with E-state index < -0.39 is 0 Å². The quantitative estimate of drug-likeness (QED) is 0.836. The fourth-order valence-corrected chi connectivity index (χ4v) is 4.07. The number of halogens is 1. The second-order valence-electron chi connectivity index (χ2n) is 5.14. The monoisotopic (exact) mass is 351 g/mol. The standard InChI is InChI=1S/C15H18BrN3S/c1-2-17-14-8-12(10-5-3-4-6-10)18-15(19-14)13-7-11(16)9-20-13/h7-10H,2-6H2,1H3,(H,17,18,19). The Bertz CT molecular complexity index is 591. The number of hydrogen-bond acceptors (Lipinski definition) is 4. The molecule has 1 aliphatic carbocycles. The maximum atomic E-state index is 4.82. The van der Waals surface area contributed by atoms with Crippen molar-refractivity contribution in [2.75, 3.05) is 11.9 Å². The van der Waals surface area contributed by atoms with Gasteiger partial charge in [-0.25, -0.2) is 9.97 Å². The first kappa shape index (κ1) is 14.0. The highest BCUT2D eigenvalue weighted by molar-refractivity contribution is 9.10. The number of nitrogens with one attached hydrogen (secondary N) is 1. The lowest BCUT2D eigenvalue weighted by Crippen LogP contribution is -2.05. The molecule has 0 aliphatic heterocycles. The van der Waals surface area contributed by atoms with E-state index in [1.165, 1.54) is 31.4 Å². The molecule has 2 aromatic heterocycles. The molecule has 3 nitrogen and oxygen atoms in total. The van der Waals surface area contributed by atoms with Crippen molar-refractivity contribution in [3.05, 3.63) is 27.7 Å². The van der Waals surface area contributed by atoms with Crippen molar-refractivity contribution in [3.8, 4) is 10.7 Å². The minimum Gasteiger partial charge on any atom is -0.370 e. The summed E-state index contributed by atoms with van der Waals surface area (Å²) >= 11 is 5.18. The van der Waals surface area contributed by atoms with Gasteiger partial charge in [-0.3, -0.25) is 0 Å². The van der Waals surface area contributed by atoms with Gasteiger partial charge < -0.3 is 5.32 Å². The van der Waals surface area contributed by atoms with Gasteiger partial charge in [-0.05, 0) is 41.8 Å². The van der Waals surface area contributed by atoms with Crippen LogP contribution < -0.4 is 5.32 Å². The van der Waals surface area contributed by atoms with Gasteiger partial charge in [0.1, 0.15) is 5.82 Å². The van der Waals surface area contributed by atoms with Crippen LogP contribution in [0.25, 0.3) is 10.7 Å². The highest BCUT2D eigenvalue weighted by Crippen LogP contribution is 2.35. The summed E-state index contributed by atoms with van der Waals surface area (Å²) in [4.78, 5) is 10.6. The average molecular weight is 352 g/mol. The summed E-state index contributed by atoms with van der Waals surface area (Å²) in [6.07, 6.45) is 5.17. The number of thiophene rings is 1. The molecule has 0 saturated heterocycles. The van der Waals surface area contributed by atoms with Gasteiger partial charge in [0.25, 0.3) is 0 Å². The molecule has 3 rings (SSSR count). The van der Waals surface area contributed by atoms with Gasteiger partial charge in [0, 0.05) is 34.1 Å². The van der Waals surface area contributed by atoms with E-state index in [4.69, 9.17) is 4.98 Å². The fourth-order valence-electron chi connectivity index (χ4n) is 2.71. The predicted molar refractivity (Wildman–Crippen MR) is 88.4 cm³/mol. The lowest BCUT2D eigenvalue weighted by atomic mass is 10.0. The molecule has 20 heavy (non-hydrogen) atoms. The molecule has 0 unspecified atom stereocenters. The summed E-state index contributed by atoms with van der Waals surface area (Å²) < 4.78 is 1.09. The largest absolute Gasteiger partial charge is 0.370 e. The predicted octanol–water partition coefficient (Wildman–Crippen LogP) is 5.06. The Morgan fingerprint density at radius 1 is 1.30 bits per heavy atom. The van der Waals surface area contributed by atoms with Gasteiger partial charge in [-0.1, -0.05) is 12.8 Å². The normalized spacial score (nSPS) is 15.7. The Balaban J connectivity index is 1.99. The second kappa shape index (κ2) is 6.22. The van der Waals surface area contributed by atoms with E-state index in [2.05, 4.69) is 50.7 Å². The number of hydrogen-bond donors (Lipinski definition) is 1. The van der Waals surface area contributed by atoms with E-state index in [0.717, 1.165) is 27.5 Å². The van der Waals surface area contributed by atoms with Gasteiger partial charge in [-0.2, -0.15) is 0 Å². The van der Waals surface area contributed by atoms with Crippen LogP contribution in [-0.2, 0) is 0 Å². The average Bonchev–Trinajstić information content (AvgIpc) is 3.09. The zero-order valence-corrected chi connectivity index (χ0v) is 13.9. The Morgan fingerprint density at radius 3 is 2.75 bits per heavy atom. The van der Waals surface area contributed by atoms with E-state index in [1.807, 2.05) is 0 Å². The Morgan fingerprint density at radius 2 is 2.10 bits per heavy atom. The van der Waals surface area contributed by atoms with E-state index in [-0.39, 0.29) is 0 Å². The van der Waals surface area contributed by atoms with Gasteiger partial charge in [0.2, 0.25) is 0 Å². The van der Waals surface area contributed by atoms with Crippen molar-refractivity contribution in [1.82, 2.24) is 9.97 Å². The van der Waals surface area contributed by atoms with E-state index in [0.29, 0.717) is 5.92 Å². The molecule has 2 heterocycles. The number of anilines is 1. The van der Waals surface area contributed by atoms with E-state index in [9.17, 15) is 0 Å². The first-order chi connectivity index (χ1) is 9.76. The number of nitrogens with zero attached hydrogens (tertiary/aromatic N) is 2. The fraction of sp³-hybridized carbons (Fsp3) is 0.467. The highest BCUT2D eigenvalue weighted by atomic mass is 79.9. The van der Waals surface area contributed by atoms with Gasteiger partial charge in [0.05, 0.1) is 4.88 Å². The topological polar surface area (TPSA) is 37.8 Å². The van der Waals surface area contributed by atoms with Crippen LogP contribution in [0.15, 0.2) is 22.0 Å². The molecule has 1 fully saturated rings. The van der Waals surface area contributed by atoms with E-state index >= 15 is 0 Å². The molecular weight excluding hydrogens is 334 g/mol. The lowest BCUT2D eigenvalue weighted by molar-refractivity contribution is 0.696. The minimum absolute atomic E-state index is 0.609. The first-order valence-electron chi connectivity index (χ1n) is 7.13. The third kappa shape index (κ3) is 3.04. The Hall–Kier alpha value is -0.940. The molecule has 1 aliphatic rings. The summed E-state index contributed by atoms with van der Waals surface area (Å²) in [5.74, 6) is 2.41. The molecule has 0 spiro atoms. The smallest absolute Gasteiger partial charge is 0.171 e. The van der Waals surface area contributed by atoms with E-state index in [1.54, 1.807) is 11.3 Å². The molecule has 0 atom stereocenters. The van der Waals surface area contributed by atoms with Crippen LogP contribution in [0.1, 0.15) is 44.2 Å². The number of rotatable bonds is 4. The van der Waals surface area contributed by atoms with Crippen molar-refractivity contribution in [2.24, 2.45) is 0 Å². The van der Waals surface area contributed by atoms with Gasteiger partial charge >= 0.3 is 0 Å². The molecule has 0 amide bonds. The molecule has 106 valence electrons. The first-order valence-corrected chi connectivity index (χ1v) is 8.81. The maximum absolute atomic E-state index is 4.82. The zero-order valence-electron chi connectivity index (χ0n) is 11.5. The Kier molecular flexibility index (Phi) is 4.36. The summed E-state index contributed by atoms with van der Waals surface area (Å²) in [5.41, 5.74) is 1.20. The highest BCUT2D eigenvalue weighted by Gasteiger charge is 2.20. The van der Waals surface area contributed by atoms with Crippen LogP contribution in [0.3, 0.4) is 0 Å². The van der Waals surface area contributed by atoms with Crippen molar-refractivity contribution < 1.29 is 0 Å². The summed E-state index contributed by atoms with van der Waals surface area (Å²) in [7, 11) is 0. The molecular formula is C15H18BrN3S. The van der Waals surface area contributed by atoms with Crippen LogP contribution >= 0.6 is 27.3 Å². The van der Waals surface area contributed by atoms with Crippen LogP contribution in [0, 0.1) is 0 Å². The SMILES string of the molecule is CCNc1cc(C2CCCC2)nc(-c2cc(Br)cs2)n1. The van der Waals surface area contributed by atoms with Crippen molar-refractivity contribution in [3.63, 3.8) is 0 Å². The molecule has 0 radical (unpaired) electrons. The minimum atomic E-state index is 0.609. The summed E-state index contributed by atoms with van der Waals surface area (Å²) in [6.45, 7) is 2.98. The molecule has 0 aromatic carbocycles. The third-order valence-corrected chi connectivity index (χ3v) is 5.35. The van der Waals surface area contributed by atoms with Gasteiger partial charge in [-0.15, -0.1) is 11.3 Å². The molecule has 0 bridgehead atoms. The van der Waals surface area contributed by atoms with Crippen LogP contribution in [0.4, 0.5) is 5.82 Å². The van der Waals surface area contributed by atoms with Crippen molar-refractivity contribution >= 4 is 33.1 Å². The van der Waals surface area contributed by atoms with Crippen LogP contribution in [-0.4, -0.2) is 16.5 Å². The second-order valence-corrected chi connectivity index (χ2v) is 6.97. The molecule has 1 N–H and O–H groups in total. The van der Waals surface area contributed by atoms with Crippen LogP contribution in [0.2, 0.25) is 0 Å². The lowest BCUT2D eigenvalue weighted by Gasteiger charge is -2.12. The molecule has 5 heteroatoms. The molecule has 2 aromatic rings. The Labute approximate surface area is 132 Å².